The van der Waals surface area contributed by atoms with E-state index in [-0.39, 0.29) is 22.2 Å². The molecule has 0 saturated carbocycles. The van der Waals surface area contributed by atoms with Crippen molar-refractivity contribution in [2.24, 2.45) is 0 Å². The van der Waals surface area contributed by atoms with Crippen molar-refractivity contribution < 1.29 is 14.5 Å². The van der Waals surface area contributed by atoms with Gasteiger partial charge in [0.05, 0.1) is 15.5 Å². The molecule has 0 atom stereocenters. The molecule has 3 aromatic rings. The number of hydrogen-bond acceptors (Lipinski definition) is 6. The average molecular weight is 428 g/mol. The van der Waals surface area contributed by atoms with Crippen molar-refractivity contribution >= 4 is 51.5 Å². The zero-order valence-corrected chi connectivity index (χ0v) is 16.7. The second kappa shape index (κ2) is 8.76. The number of thiazole rings is 1. The van der Waals surface area contributed by atoms with Crippen molar-refractivity contribution in [3.8, 4) is 0 Å². The van der Waals surface area contributed by atoms with E-state index in [1.54, 1.807) is 37.3 Å². The van der Waals surface area contributed by atoms with Crippen LogP contribution in [0.3, 0.4) is 0 Å². The molecule has 1 amide bonds. The van der Waals surface area contributed by atoms with Gasteiger partial charge in [0.1, 0.15) is 0 Å². The summed E-state index contributed by atoms with van der Waals surface area (Å²) in [6.07, 6.45) is 3.11. The Morgan fingerprint density at radius 2 is 1.79 bits per heavy atom. The average Bonchev–Trinajstić information content (AvgIpc) is 3.07. The number of nitrogens with one attached hydrogen (secondary N) is 1. The van der Waals surface area contributed by atoms with E-state index in [1.807, 2.05) is 0 Å². The number of rotatable bonds is 6. The maximum atomic E-state index is 12.5. The van der Waals surface area contributed by atoms with Gasteiger partial charge >= 0.3 is 0 Å². The van der Waals surface area contributed by atoms with E-state index in [0.717, 1.165) is 16.9 Å². The van der Waals surface area contributed by atoms with Crippen LogP contribution in [-0.4, -0.2) is 21.6 Å². The molecule has 146 valence electrons. The number of carbonyl (C=O) groups excluding carboxylic acids is 2. The summed E-state index contributed by atoms with van der Waals surface area (Å²) in [7, 11) is 0. The van der Waals surface area contributed by atoms with Crippen molar-refractivity contribution in [3.05, 3.63) is 91.4 Å². The van der Waals surface area contributed by atoms with Crippen LogP contribution in [0.4, 0.5) is 10.8 Å². The molecule has 0 aliphatic heterocycles. The molecule has 0 bridgehead atoms. The smallest absolute Gasteiger partial charge is 0.269 e. The highest BCUT2D eigenvalue weighted by Crippen LogP contribution is 2.24. The number of non-ortho nitro benzene ring substituents is 1. The standard InChI is InChI=1S/C20H14ClN3O4S/c1-12-18(17(25)11-4-13-2-7-15(21)8-3-13)29-20(22-12)23-19(26)14-5-9-16(10-6-14)24(27)28/h2-11H,1H3,(H,22,23,26)/b11-4+. The zero-order chi connectivity index (χ0) is 21.0. The molecule has 3 rings (SSSR count). The number of carbonyl (C=O) groups is 2. The molecule has 2 aromatic carbocycles. The summed E-state index contributed by atoms with van der Waals surface area (Å²) >= 11 is 6.90. The highest BCUT2D eigenvalue weighted by molar-refractivity contribution is 7.18. The molecule has 1 N–H and O–H groups in total. The Morgan fingerprint density at radius 3 is 2.41 bits per heavy atom. The molecule has 0 radical (unpaired) electrons. The van der Waals surface area contributed by atoms with E-state index in [1.165, 1.54) is 30.3 Å². The molecule has 0 saturated heterocycles. The Labute approximate surface area is 174 Å². The number of nitrogens with zero attached hydrogens (tertiary/aromatic N) is 2. The Bertz CT molecular complexity index is 1110. The summed E-state index contributed by atoms with van der Waals surface area (Å²) in [5.74, 6) is -0.699. The number of amides is 1. The quantitative estimate of drug-likeness (QED) is 0.253. The third-order valence-corrected chi connectivity index (χ3v) is 5.22. The highest BCUT2D eigenvalue weighted by Gasteiger charge is 2.16. The van der Waals surface area contributed by atoms with Crippen molar-refractivity contribution in [1.29, 1.82) is 0 Å². The maximum absolute atomic E-state index is 12.5. The number of halogens is 1. The molecule has 0 unspecified atom stereocenters. The van der Waals surface area contributed by atoms with Gasteiger partial charge in [-0.1, -0.05) is 41.1 Å². The summed E-state index contributed by atoms with van der Waals surface area (Å²) in [4.78, 5) is 39.5. The Morgan fingerprint density at radius 1 is 1.14 bits per heavy atom. The number of ketones is 1. The number of benzene rings is 2. The van der Waals surface area contributed by atoms with Gasteiger partial charge in [0, 0.05) is 22.7 Å². The minimum absolute atomic E-state index is 0.105. The second-order valence-corrected chi connectivity index (χ2v) is 7.38. The van der Waals surface area contributed by atoms with Crippen LogP contribution in [-0.2, 0) is 0 Å². The van der Waals surface area contributed by atoms with Gasteiger partial charge in [0.2, 0.25) is 0 Å². The van der Waals surface area contributed by atoms with Gasteiger partial charge in [-0.15, -0.1) is 0 Å². The predicted octanol–water partition coefficient (Wildman–Crippen LogP) is 5.16. The van der Waals surface area contributed by atoms with E-state index in [9.17, 15) is 19.7 Å². The maximum Gasteiger partial charge on any atom is 0.269 e. The normalized spacial score (nSPS) is 10.8. The van der Waals surface area contributed by atoms with E-state index < -0.39 is 10.8 Å². The van der Waals surface area contributed by atoms with Crippen LogP contribution in [0.2, 0.25) is 5.02 Å². The number of hydrogen-bond donors (Lipinski definition) is 1. The largest absolute Gasteiger partial charge is 0.298 e. The molecule has 1 heterocycles. The van der Waals surface area contributed by atoms with Crippen LogP contribution in [0.15, 0.2) is 54.6 Å². The third kappa shape index (κ3) is 5.13. The summed E-state index contributed by atoms with van der Waals surface area (Å²) in [5.41, 5.74) is 1.47. The number of anilines is 1. The SMILES string of the molecule is Cc1nc(NC(=O)c2ccc([N+](=O)[O-])cc2)sc1C(=O)/C=C/c1ccc(Cl)cc1. The Hall–Kier alpha value is -3.36. The predicted molar refractivity (Wildman–Crippen MR) is 113 cm³/mol. The first kappa shape index (κ1) is 20.4. The molecular formula is C20H14ClN3O4S. The van der Waals surface area contributed by atoms with Gasteiger partial charge in [-0.2, -0.15) is 0 Å². The van der Waals surface area contributed by atoms with Gasteiger partial charge in [0.25, 0.3) is 11.6 Å². The first-order valence-corrected chi connectivity index (χ1v) is 9.54. The lowest BCUT2D eigenvalue weighted by molar-refractivity contribution is -0.384. The van der Waals surface area contributed by atoms with Crippen molar-refractivity contribution in [2.45, 2.75) is 6.92 Å². The zero-order valence-electron chi connectivity index (χ0n) is 15.1. The van der Waals surface area contributed by atoms with Crippen LogP contribution >= 0.6 is 22.9 Å². The molecule has 0 spiro atoms. The van der Waals surface area contributed by atoms with E-state index in [4.69, 9.17) is 11.6 Å². The Balaban J connectivity index is 1.70. The fourth-order valence-electron chi connectivity index (χ4n) is 2.40. The van der Waals surface area contributed by atoms with Gasteiger partial charge in [-0.25, -0.2) is 4.98 Å². The lowest BCUT2D eigenvalue weighted by Crippen LogP contribution is -2.11. The van der Waals surface area contributed by atoms with E-state index in [2.05, 4.69) is 10.3 Å². The molecule has 9 heteroatoms. The molecule has 7 nitrogen and oxygen atoms in total. The number of nitro benzene ring substituents is 1. The summed E-state index contributed by atoms with van der Waals surface area (Å²) < 4.78 is 0. The first-order chi connectivity index (χ1) is 13.8. The topological polar surface area (TPSA) is 102 Å². The third-order valence-electron chi connectivity index (χ3n) is 3.88. The van der Waals surface area contributed by atoms with Gasteiger partial charge < -0.3 is 0 Å². The molecule has 0 aliphatic carbocycles. The minimum Gasteiger partial charge on any atom is -0.298 e. The van der Waals surface area contributed by atoms with Crippen LogP contribution < -0.4 is 5.32 Å². The lowest BCUT2D eigenvalue weighted by Gasteiger charge is -2.01. The summed E-state index contributed by atoms with van der Waals surface area (Å²) in [5, 5.41) is 14.2. The number of allylic oxidation sites excluding steroid dienone is 1. The number of aryl methyl sites for hydroxylation is 1. The minimum atomic E-state index is -0.540. The van der Waals surface area contributed by atoms with Crippen LogP contribution in [0.25, 0.3) is 6.08 Å². The van der Waals surface area contributed by atoms with Crippen LogP contribution in [0, 0.1) is 17.0 Å². The van der Waals surface area contributed by atoms with E-state index in [0.29, 0.717) is 15.6 Å². The number of nitro groups is 1. The van der Waals surface area contributed by atoms with Crippen LogP contribution in [0.5, 0.6) is 0 Å². The number of aromatic nitrogens is 1. The second-order valence-electron chi connectivity index (χ2n) is 5.94. The van der Waals surface area contributed by atoms with Crippen molar-refractivity contribution in [3.63, 3.8) is 0 Å². The van der Waals surface area contributed by atoms with E-state index >= 15 is 0 Å². The van der Waals surface area contributed by atoms with Gasteiger partial charge in [-0.3, -0.25) is 25.0 Å². The first-order valence-electron chi connectivity index (χ1n) is 8.34. The summed E-state index contributed by atoms with van der Waals surface area (Å²) in [6.45, 7) is 1.68. The fraction of sp³-hybridized carbons (Fsp3) is 0.0500. The molecule has 0 aliphatic rings. The highest BCUT2D eigenvalue weighted by atomic mass is 35.5. The molecular weight excluding hydrogens is 414 g/mol. The molecule has 1 aromatic heterocycles. The fourth-order valence-corrected chi connectivity index (χ4v) is 3.41. The lowest BCUT2D eigenvalue weighted by atomic mass is 10.2. The molecule has 0 fully saturated rings. The molecule has 29 heavy (non-hydrogen) atoms. The van der Waals surface area contributed by atoms with Crippen LogP contribution in [0.1, 0.15) is 31.3 Å². The Kier molecular flexibility index (Phi) is 6.16. The van der Waals surface area contributed by atoms with Crippen molar-refractivity contribution in [2.75, 3.05) is 5.32 Å². The summed E-state index contributed by atoms with van der Waals surface area (Å²) in [6, 6.07) is 12.3. The van der Waals surface area contributed by atoms with Crippen molar-refractivity contribution in [1.82, 2.24) is 4.98 Å². The van der Waals surface area contributed by atoms with Gasteiger partial charge in [0.15, 0.2) is 10.9 Å². The monoisotopic (exact) mass is 427 g/mol. The van der Waals surface area contributed by atoms with Gasteiger partial charge in [-0.05, 0) is 42.8 Å².